The lowest BCUT2D eigenvalue weighted by atomic mass is 10.1. The molecule has 1 aliphatic rings. The van der Waals surface area contributed by atoms with E-state index in [0.29, 0.717) is 25.5 Å². The highest BCUT2D eigenvalue weighted by atomic mass is 79.9. The number of methoxy groups -OCH3 is 2. The van der Waals surface area contributed by atoms with Crippen molar-refractivity contribution in [3.05, 3.63) is 46.4 Å². The number of carbonyl (C=O) groups excluding carboxylic acids is 1. The SMILES string of the molecule is CCOC(=O)CCn1c(-c2cc(OC)cc(OC)c2)c(Br)c2cc(C3CC3)ccc21. The van der Waals surface area contributed by atoms with Crippen LogP contribution in [0.15, 0.2) is 40.9 Å². The van der Waals surface area contributed by atoms with Crippen molar-refractivity contribution in [2.75, 3.05) is 20.8 Å². The molecule has 158 valence electrons. The summed E-state index contributed by atoms with van der Waals surface area (Å²) in [5, 5.41) is 1.15. The Morgan fingerprint density at radius 1 is 1.10 bits per heavy atom. The van der Waals surface area contributed by atoms with Gasteiger partial charge in [-0.2, -0.15) is 0 Å². The van der Waals surface area contributed by atoms with Crippen molar-refractivity contribution in [1.82, 2.24) is 4.57 Å². The predicted molar refractivity (Wildman–Crippen MR) is 121 cm³/mol. The van der Waals surface area contributed by atoms with Crippen LogP contribution in [0, 0.1) is 0 Å². The van der Waals surface area contributed by atoms with Gasteiger partial charge in [-0.25, -0.2) is 0 Å². The molecule has 5 nitrogen and oxygen atoms in total. The van der Waals surface area contributed by atoms with Gasteiger partial charge in [0.05, 0.1) is 37.4 Å². The number of benzene rings is 2. The van der Waals surface area contributed by atoms with Crippen LogP contribution in [0.2, 0.25) is 0 Å². The Balaban J connectivity index is 1.86. The van der Waals surface area contributed by atoms with Crippen LogP contribution in [0.5, 0.6) is 11.5 Å². The number of nitrogens with zero attached hydrogens (tertiary/aromatic N) is 1. The summed E-state index contributed by atoms with van der Waals surface area (Å²) >= 11 is 3.86. The zero-order valence-electron chi connectivity index (χ0n) is 17.5. The Kier molecular flexibility index (Phi) is 6.04. The zero-order valence-corrected chi connectivity index (χ0v) is 19.1. The largest absolute Gasteiger partial charge is 0.497 e. The van der Waals surface area contributed by atoms with E-state index in [9.17, 15) is 4.79 Å². The molecular formula is C24H26BrNO4. The van der Waals surface area contributed by atoms with Gasteiger partial charge in [0.2, 0.25) is 0 Å². The van der Waals surface area contributed by atoms with E-state index in [2.05, 4.69) is 38.7 Å². The van der Waals surface area contributed by atoms with Gasteiger partial charge in [0.1, 0.15) is 11.5 Å². The van der Waals surface area contributed by atoms with Gasteiger partial charge in [0.15, 0.2) is 0 Å². The molecule has 0 N–H and O–H groups in total. The first-order valence-electron chi connectivity index (χ1n) is 10.3. The summed E-state index contributed by atoms with van der Waals surface area (Å²) in [7, 11) is 3.29. The van der Waals surface area contributed by atoms with Gasteiger partial charge in [0.25, 0.3) is 0 Å². The molecule has 1 aliphatic carbocycles. The summed E-state index contributed by atoms with van der Waals surface area (Å²) in [5.41, 5.74) is 4.43. The molecule has 1 saturated carbocycles. The van der Waals surface area contributed by atoms with Crippen molar-refractivity contribution in [3.63, 3.8) is 0 Å². The molecule has 2 aromatic carbocycles. The summed E-state index contributed by atoms with van der Waals surface area (Å²) < 4.78 is 19.3. The van der Waals surface area contributed by atoms with Crippen molar-refractivity contribution in [1.29, 1.82) is 0 Å². The highest BCUT2D eigenvalue weighted by molar-refractivity contribution is 9.10. The molecule has 0 amide bonds. The lowest BCUT2D eigenvalue weighted by molar-refractivity contribution is -0.143. The van der Waals surface area contributed by atoms with Crippen LogP contribution in [0.3, 0.4) is 0 Å². The monoisotopic (exact) mass is 471 g/mol. The van der Waals surface area contributed by atoms with E-state index in [1.807, 2.05) is 25.1 Å². The van der Waals surface area contributed by atoms with Crippen LogP contribution in [-0.2, 0) is 16.1 Å². The number of ether oxygens (including phenoxy) is 3. The van der Waals surface area contributed by atoms with Crippen LogP contribution in [0.1, 0.15) is 37.7 Å². The Labute approximate surface area is 185 Å². The minimum absolute atomic E-state index is 0.195. The quantitative estimate of drug-likeness (QED) is 0.382. The maximum Gasteiger partial charge on any atom is 0.307 e. The molecule has 0 aliphatic heterocycles. The van der Waals surface area contributed by atoms with Crippen molar-refractivity contribution in [3.8, 4) is 22.8 Å². The maximum absolute atomic E-state index is 12.1. The first kappa shape index (κ1) is 20.8. The van der Waals surface area contributed by atoms with E-state index >= 15 is 0 Å². The molecular weight excluding hydrogens is 446 g/mol. The van der Waals surface area contributed by atoms with E-state index < -0.39 is 0 Å². The van der Waals surface area contributed by atoms with Gasteiger partial charge in [-0.1, -0.05) is 6.07 Å². The number of hydrogen-bond acceptors (Lipinski definition) is 4. The smallest absolute Gasteiger partial charge is 0.307 e. The van der Waals surface area contributed by atoms with Gasteiger partial charge >= 0.3 is 5.97 Å². The zero-order chi connectivity index (χ0) is 21.3. The van der Waals surface area contributed by atoms with Crippen LogP contribution in [0.25, 0.3) is 22.2 Å². The first-order chi connectivity index (χ1) is 14.5. The van der Waals surface area contributed by atoms with Crippen LogP contribution in [-0.4, -0.2) is 31.4 Å². The van der Waals surface area contributed by atoms with Gasteiger partial charge in [0, 0.05) is 29.1 Å². The molecule has 4 rings (SSSR count). The number of aryl methyl sites for hydroxylation is 1. The number of hydrogen-bond donors (Lipinski definition) is 0. The fraction of sp³-hybridized carbons (Fsp3) is 0.375. The standard InChI is InChI=1S/C24H26BrNO4/c1-4-30-22(27)9-10-26-21-8-7-16(15-5-6-15)13-20(21)23(25)24(26)17-11-18(28-2)14-19(12-17)29-3/h7-8,11-15H,4-6,9-10H2,1-3H3. The highest BCUT2D eigenvalue weighted by Gasteiger charge is 2.25. The fourth-order valence-corrected chi connectivity index (χ4v) is 4.66. The second-order valence-electron chi connectivity index (χ2n) is 7.52. The topological polar surface area (TPSA) is 49.7 Å². The third kappa shape index (κ3) is 4.06. The molecule has 6 heteroatoms. The predicted octanol–water partition coefficient (Wildman–Crippen LogP) is 5.92. The minimum Gasteiger partial charge on any atom is -0.497 e. The normalized spacial score (nSPS) is 13.5. The van der Waals surface area contributed by atoms with Gasteiger partial charge in [-0.05, 0) is 71.4 Å². The molecule has 1 aromatic heterocycles. The summed E-state index contributed by atoms with van der Waals surface area (Å²) in [5.74, 6) is 1.91. The minimum atomic E-state index is -0.195. The molecule has 3 aromatic rings. The molecule has 0 spiro atoms. The summed E-state index contributed by atoms with van der Waals surface area (Å²) in [6.07, 6.45) is 2.82. The third-order valence-corrected chi connectivity index (χ3v) is 6.35. The molecule has 0 atom stereocenters. The second-order valence-corrected chi connectivity index (χ2v) is 8.31. The van der Waals surface area contributed by atoms with Crippen molar-refractivity contribution >= 4 is 32.8 Å². The second kappa shape index (κ2) is 8.72. The van der Waals surface area contributed by atoms with Crippen LogP contribution in [0.4, 0.5) is 0 Å². The Bertz CT molecular complexity index is 1060. The van der Waals surface area contributed by atoms with Gasteiger partial charge in [-0.3, -0.25) is 4.79 Å². The maximum atomic E-state index is 12.1. The van der Waals surface area contributed by atoms with Crippen molar-refractivity contribution in [2.24, 2.45) is 0 Å². The highest BCUT2D eigenvalue weighted by Crippen LogP contribution is 2.45. The number of rotatable bonds is 8. The Morgan fingerprint density at radius 3 is 2.40 bits per heavy atom. The van der Waals surface area contributed by atoms with E-state index in [-0.39, 0.29) is 5.97 Å². The average molecular weight is 472 g/mol. The molecule has 1 heterocycles. The molecule has 30 heavy (non-hydrogen) atoms. The number of carbonyl (C=O) groups is 1. The number of esters is 1. The Hall–Kier alpha value is -2.47. The molecule has 0 saturated heterocycles. The third-order valence-electron chi connectivity index (χ3n) is 5.54. The molecule has 0 radical (unpaired) electrons. The van der Waals surface area contributed by atoms with E-state index in [1.54, 1.807) is 14.2 Å². The number of aromatic nitrogens is 1. The van der Waals surface area contributed by atoms with Gasteiger partial charge in [-0.15, -0.1) is 0 Å². The van der Waals surface area contributed by atoms with E-state index in [4.69, 9.17) is 14.2 Å². The number of fused-ring (bicyclic) bond motifs is 1. The van der Waals surface area contributed by atoms with Crippen molar-refractivity contribution in [2.45, 2.75) is 38.6 Å². The van der Waals surface area contributed by atoms with E-state index in [0.717, 1.165) is 38.1 Å². The lowest BCUT2D eigenvalue weighted by Crippen LogP contribution is -2.09. The summed E-state index contributed by atoms with van der Waals surface area (Å²) in [6.45, 7) is 2.74. The summed E-state index contributed by atoms with van der Waals surface area (Å²) in [6, 6.07) is 12.5. The number of halogens is 1. The average Bonchev–Trinajstić information content (AvgIpc) is 3.57. The van der Waals surface area contributed by atoms with Crippen molar-refractivity contribution < 1.29 is 19.0 Å². The molecule has 0 bridgehead atoms. The van der Waals surface area contributed by atoms with Crippen LogP contribution < -0.4 is 9.47 Å². The Morgan fingerprint density at radius 2 is 1.80 bits per heavy atom. The summed E-state index contributed by atoms with van der Waals surface area (Å²) in [4.78, 5) is 12.1. The molecule has 0 unspecified atom stereocenters. The molecule has 1 fully saturated rings. The van der Waals surface area contributed by atoms with Crippen LogP contribution >= 0.6 is 15.9 Å². The lowest BCUT2D eigenvalue weighted by Gasteiger charge is -2.13. The first-order valence-corrected chi connectivity index (χ1v) is 11.1. The fourth-order valence-electron chi connectivity index (χ4n) is 3.90. The van der Waals surface area contributed by atoms with Gasteiger partial charge < -0.3 is 18.8 Å². The van der Waals surface area contributed by atoms with E-state index in [1.165, 1.54) is 18.4 Å².